The molecule has 15 heteroatoms. The molecule has 5 aliphatic rings. The van der Waals surface area contributed by atoms with Crippen molar-refractivity contribution in [1.29, 1.82) is 0 Å². The van der Waals surface area contributed by atoms with Crippen molar-refractivity contribution in [2.24, 2.45) is 28.8 Å². The highest BCUT2D eigenvalue weighted by Gasteiger charge is 2.66. The zero-order valence-electron chi connectivity index (χ0n) is 36.8. The first-order valence-corrected chi connectivity index (χ1v) is 22.3. The van der Waals surface area contributed by atoms with Crippen LogP contribution in [0.1, 0.15) is 74.8 Å². The minimum absolute atomic E-state index is 0.000163. The molecule has 0 spiro atoms. The van der Waals surface area contributed by atoms with Crippen LogP contribution in [0, 0.1) is 23.7 Å². The number of oxime groups is 1. The average Bonchev–Trinajstić information content (AvgIpc) is 4.06. The van der Waals surface area contributed by atoms with Gasteiger partial charge in [0.1, 0.15) is 36.1 Å². The van der Waals surface area contributed by atoms with Crippen LogP contribution in [0.4, 0.5) is 10.5 Å². The number of benzene rings is 3. The van der Waals surface area contributed by atoms with E-state index in [-0.39, 0.29) is 69.2 Å². The second-order valence-electron chi connectivity index (χ2n) is 17.0. The lowest BCUT2D eigenvalue weighted by Crippen LogP contribution is -2.70. The Labute approximate surface area is 373 Å². The van der Waals surface area contributed by atoms with Gasteiger partial charge in [-0.25, -0.2) is 4.79 Å². The van der Waals surface area contributed by atoms with E-state index in [9.17, 15) is 19.8 Å². The predicted octanol–water partition coefficient (Wildman–Crippen LogP) is 7.75. The summed E-state index contributed by atoms with van der Waals surface area (Å²) < 4.78 is 42.7. The lowest BCUT2D eigenvalue weighted by atomic mass is 9.55. The van der Waals surface area contributed by atoms with Crippen LogP contribution in [0.5, 0.6) is 34.5 Å². The highest BCUT2D eigenvalue weighted by Crippen LogP contribution is 2.62. The number of amides is 2. The first-order chi connectivity index (χ1) is 31.2. The summed E-state index contributed by atoms with van der Waals surface area (Å²) in [7, 11) is 4.58. The van der Waals surface area contributed by atoms with Gasteiger partial charge in [-0.3, -0.25) is 10.1 Å². The minimum atomic E-state index is -1.44. The molecule has 0 aromatic heterocycles. The summed E-state index contributed by atoms with van der Waals surface area (Å²) in [6.07, 6.45) is 9.44. The van der Waals surface area contributed by atoms with E-state index in [1.54, 1.807) is 37.5 Å². The van der Waals surface area contributed by atoms with Crippen LogP contribution in [-0.2, 0) is 20.9 Å². The molecule has 0 saturated heterocycles. The van der Waals surface area contributed by atoms with E-state index in [1.165, 1.54) is 14.2 Å². The number of nitrogens with zero attached hydrogens (tertiary/aromatic N) is 2. The lowest BCUT2D eigenvalue weighted by molar-refractivity contribution is -0.258. The standard InChI is InChI=1S/C49H59N3O12/c1-5-22-62-49-44(52(47(55)31-13-14-31)28-30-12-18-41-43(23-30)61-29-60-41)27-39(51-59-4)36-24-32(10-6-8-20-53)35(11-7-9-21-54)45(46(36)49)37-25-34(16-19-40(37)64-49)63-48(56)50-38-17-15-33(57-2)26-42(38)58-3/h5,12,15-19,23-26,31-32,35,44-46,53-54H,1,6-11,13-14,20-22,27-29H2,2-4H3,(H,50,56)/t32-,35+,44-,45+,46+,49+/m0/s1. The molecule has 2 heterocycles. The molecular formula is C49H59N3O12. The summed E-state index contributed by atoms with van der Waals surface area (Å²) in [6.45, 7) is 4.67. The average molecular weight is 882 g/mol. The van der Waals surface area contributed by atoms with Gasteiger partial charge in [0.2, 0.25) is 18.5 Å². The number of methoxy groups -OCH3 is 2. The third-order valence-corrected chi connectivity index (χ3v) is 13.1. The Balaban J connectivity index is 1.26. The molecule has 3 aliphatic carbocycles. The molecule has 3 N–H and O–H groups in total. The number of carbonyl (C=O) groups is 2. The number of unbranched alkanes of at least 4 members (excludes halogenated alkanes) is 2. The molecule has 0 unspecified atom stereocenters. The molecule has 342 valence electrons. The van der Waals surface area contributed by atoms with Crippen molar-refractivity contribution in [1.82, 2.24) is 4.90 Å². The van der Waals surface area contributed by atoms with Crippen LogP contribution in [-0.4, -0.2) is 92.6 Å². The fourth-order valence-corrected chi connectivity index (χ4v) is 10.1. The summed E-state index contributed by atoms with van der Waals surface area (Å²) in [5.74, 6) is 0.641. The van der Waals surface area contributed by atoms with Gasteiger partial charge in [0.25, 0.3) is 0 Å². The molecule has 3 aromatic rings. The molecule has 0 radical (unpaired) electrons. The van der Waals surface area contributed by atoms with E-state index >= 15 is 0 Å². The van der Waals surface area contributed by atoms with Gasteiger partial charge in [-0.1, -0.05) is 36.2 Å². The summed E-state index contributed by atoms with van der Waals surface area (Å²) in [5, 5.41) is 27.4. The first-order valence-electron chi connectivity index (χ1n) is 22.3. The number of nitrogens with one attached hydrogen (secondary N) is 1. The summed E-state index contributed by atoms with van der Waals surface area (Å²) in [5.41, 5.74) is 3.67. The third kappa shape index (κ3) is 9.11. The number of rotatable bonds is 20. The van der Waals surface area contributed by atoms with Gasteiger partial charge in [0, 0.05) is 49.6 Å². The molecule has 2 saturated carbocycles. The number of anilines is 1. The molecule has 64 heavy (non-hydrogen) atoms. The van der Waals surface area contributed by atoms with Gasteiger partial charge in [-0.15, -0.1) is 6.58 Å². The van der Waals surface area contributed by atoms with Crippen molar-refractivity contribution in [2.75, 3.05) is 53.3 Å². The van der Waals surface area contributed by atoms with E-state index in [0.29, 0.717) is 58.7 Å². The van der Waals surface area contributed by atoms with E-state index in [1.807, 2.05) is 35.2 Å². The number of aliphatic hydroxyl groups excluding tert-OH is 2. The van der Waals surface area contributed by atoms with E-state index in [4.69, 9.17) is 43.2 Å². The number of hydrogen-bond donors (Lipinski definition) is 3. The number of ether oxygens (including phenoxy) is 7. The Hall–Kier alpha value is -5.77. The van der Waals surface area contributed by atoms with Crippen molar-refractivity contribution in [3.05, 3.63) is 90.0 Å². The highest BCUT2D eigenvalue weighted by atomic mass is 16.7. The Morgan fingerprint density at radius 1 is 0.922 bits per heavy atom. The first kappa shape index (κ1) is 44.8. The molecule has 6 atom stereocenters. The quantitative estimate of drug-likeness (QED) is 0.0573. The molecule has 2 amide bonds. The van der Waals surface area contributed by atoms with Gasteiger partial charge in [-0.2, -0.15) is 0 Å². The summed E-state index contributed by atoms with van der Waals surface area (Å²) >= 11 is 0. The van der Waals surface area contributed by atoms with Gasteiger partial charge < -0.3 is 53.1 Å². The zero-order valence-corrected chi connectivity index (χ0v) is 36.8. The zero-order chi connectivity index (χ0) is 44.8. The van der Waals surface area contributed by atoms with Crippen molar-refractivity contribution in [2.45, 2.75) is 82.1 Å². The van der Waals surface area contributed by atoms with Gasteiger partial charge >= 0.3 is 6.09 Å². The monoisotopic (exact) mass is 881 g/mol. The molecule has 15 nitrogen and oxygen atoms in total. The number of allylic oxidation sites excluding steroid dienone is 1. The van der Waals surface area contributed by atoms with E-state index in [2.05, 4.69) is 18.0 Å². The van der Waals surface area contributed by atoms with Gasteiger partial charge in [-0.05, 0) is 104 Å². The van der Waals surface area contributed by atoms with Crippen molar-refractivity contribution in [3.63, 3.8) is 0 Å². The molecule has 2 fully saturated rings. The van der Waals surface area contributed by atoms with Gasteiger partial charge in [0.05, 0.1) is 38.1 Å². The predicted molar refractivity (Wildman–Crippen MR) is 237 cm³/mol. The van der Waals surface area contributed by atoms with Crippen LogP contribution >= 0.6 is 0 Å². The number of carbonyl (C=O) groups excluding carboxylic acids is 2. The fraction of sp³-hybridized carbons (Fsp3) is 0.490. The maximum Gasteiger partial charge on any atom is 0.417 e. The van der Waals surface area contributed by atoms with E-state index in [0.717, 1.165) is 55.2 Å². The SMILES string of the molecule is C=CCO[C@@]12Oc3ccc(OC(=O)Nc4ccc(OC)cc4OC)cc3[C@H]3[C@H](CCCCO)[C@@H](CCCCO)C=C(C(=NOC)C[C@@H]1N(Cc1ccc4c(c1)OCO4)C(=O)C1CC1)[C@H]32. The topological polar surface area (TPSA) is 176 Å². The van der Waals surface area contributed by atoms with Crippen molar-refractivity contribution in [3.8, 4) is 34.5 Å². The molecular weight excluding hydrogens is 823 g/mol. The summed E-state index contributed by atoms with van der Waals surface area (Å²) in [6, 6.07) is 15.5. The van der Waals surface area contributed by atoms with Crippen LogP contribution in [0.25, 0.3) is 0 Å². The van der Waals surface area contributed by atoms with Crippen molar-refractivity contribution >= 4 is 23.4 Å². The molecule has 0 bridgehead atoms. The minimum Gasteiger partial charge on any atom is -0.497 e. The smallest absolute Gasteiger partial charge is 0.417 e. The number of hydrogen-bond acceptors (Lipinski definition) is 13. The fourth-order valence-electron chi connectivity index (χ4n) is 10.1. The largest absolute Gasteiger partial charge is 0.497 e. The third-order valence-electron chi connectivity index (χ3n) is 13.1. The van der Waals surface area contributed by atoms with Gasteiger partial charge in [0.15, 0.2) is 11.5 Å². The molecule has 8 rings (SSSR count). The van der Waals surface area contributed by atoms with Crippen LogP contribution in [0.2, 0.25) is 0 Å². The summed E-state index contributed by atoms with van der Waals surface area (Å²) in [4.78, 5) is 35.9. The van der Waals surface area contributed by atoms with Crippen LogP contribution in [0.15, 0.2) is 84.1 Å². The van der Waals surface area contributed by atoms with Crippen molar-refractivity contribution < 1.29 is 57.8 Å². The Morgan fingerprint density at radius 3 is 2.42 bits per heavy atom. The highest BCUT2D eigenvalue weighted by molar-refractivity contribution is 6.03. The Morgan fingerprint density at radius 2 is 1.69 bits per heavy atom. The second kappa shape index (κ2) is 20.0. The Kier molecular flexibility index (Phi) is 14.0. The Bertz CT molecular complexity index is 2240. The van der Waals surface area contributed by atoms with Crippen LogP contribution in [0.3, 0.4) is 0 Å². The van der Waals surface area contributed by atoms with E-state index < -0.39 is 23.8 Å². The lowest BCUT2D eigenvalue weighted by Gasteiger charge is -2.60. The number of fused-ring (bicyclic) bond motifs is 3. The molecule has 3 aromatic carbocycles. The number of aliphatic hydroxyl groups is 2. The van der Waals surface area contributed by atoms with Crippen LogP contribution < -0.4 is 33.7 Å². The maximum atomic E-state index is 14.8. The molecule has 2 aliphatic heterocycles. The maximum absolute atomic E-state index is 14.8. The normalized spacial score (nSPS) is 24.4. The second-order valence-corrected chi connectivity index (χ2v) is 17.0.